The molecule has 2 N–H and O–H groups in total. The molecule has 3 aromatic rings. The molecule has 0 saturated carbocycles. The molecule has 1 heterocycles. The summed E-state index contributed by atoms with van der Waals surface area (Å²) in [5, 5.41) is 5.74. The van der Waals surface area contributed by atoms with Gasteiger partial charge in [0.25, 0.3) is 5.91 Å². The van der Waals surface area contributed by atoms with Crippen LogP contribution in [0.3, 0.4) is 0 Å². The lowest BCUT2D eigenvalue weighted by Gasteiger charge is -2.13. The topological polar surface area (TPSA) is 80.3 Å². The highest BCUT2D eigenvalue weighted by Crippen LogP contribution is 2.23. The van der Waals surface area contributed by atoms with Gasteiger partial charge in [-0.05, 0) is 61.0 Å². The van der Waals surface area contributed by atoms with Crippen LogP contribution in [0.15, 0.2) is 67.0 Å². The Morgan fingerprint density at radius 1 is 0.966 bits per heavy atom. The number of amides is 2. The van der Waals surface area contributed by atoms with Gasteiger partial charge in [0.2, 0.25) is 5.91 Å². The fourth-order valence-electron chi connectivity index (χ4n) is 2.53. The second kappa shape index (κ2) is 9.01. The monoisotopic (exact) mass is 389 g/mol. The van der Waals surface area contributed by atoms with Crippen LogP contribution in [0.1, 0.15) is 29.8 Å². The van der Waals surface area contributed by atoms with E-state index < -0.39 is 0 Å². The van der Waals surface area contributed by atoms with E-state index in [9.17, 15) is 9.59 Å². The zero-order chi connectivity index (χ0) is 20.8. The lowest BCUT2D eigenvalue weighted by molar-refractivity contribution is -0.118. The largest absolute Gasteiger partial charge is 0.456 e. The third-order valence-electron chi connectivity index (χ3n) is 4.26. The van der Waals surface area contributed by atoms with E-state index >= 15 is 0 Å². The van der Waals surface area contributed by atoms with Crippen LogP contribution in [0.5, 0.6) is 11.5 Å². The summed E-state index contributed by atoms with van der Waals surface area (Å²) in [7, 11) is 0. The number of carbonyl (C=O) groups excluding carboxylic acids is 2. The molecule has 6 heteroatoms. The number of benzene rings is 2. The number of anilines is 2. The fourth-order valence-corrected chi connectivity index (χ4v) is 2.53. The highest BCUT2D eigenvalue weighted by Gasteiger charge is 2.11. The molecular weight excluding hydrogens is 366 g/mol. The molecule has 0 atom stereocenters. The van der Waals surface area contributed by atoms with Gasteiger partial charge in [-0.15, -0.1) is 0 Å². The minimum Gasteiger partial charge on any atom is -0.456 e. The van der Waals surface area contributed by atoms with E-state index in [4.69, 9.17) is 4.74 Å². The molecule has 2 aromatic carbocycles. The number of hydrogen-bond donors (Lipinski definition) is 2. The zero-order valence-electron chi connectivity index (χ0n) is 16.6. The third kappa shape index (κ3) is 5.42. The maximum Gasteiger partial charge on any atom is 0.255 e. The molecule has 6 nitrogen and oxygen atoms in total. The van der Waals surface area contributed by atoms with Gasteiger partial charge in [0.1, 0.15) is 11.5 Å². The van der Waals surface area contributed by atoms with Crippen molar-refractivity contribution in [2.75, 3.05) is 10.6 Å². The Morgan fingerprint density at radius 2 is 1.72 bits per heavy atom. The maximum atomic E-state index is 12.6. The standard InChI is InChI=1S/C23H23N3O3/c1-15(2)22(27)25-18-9-6-16(3)21(13-18)26-23(28)17-7-10-19(11-8-17)29-20-5-4-12-24-14-20/h4-15H,1-3H3,(H,25,27)(H,26,28). The molecule has 0 fully saturated rings. The Hall–Kier alpha value is -3.67. The first-order valence-corrected chi connectivity index (χ1v) is 9.33. The molecule has 1 aromatic heterocycles. The van der Waals surface area contributed by atoms with E-state index in [-0.39, 0.29) is 17.7 Å². The van der Waals surface area contributed by atoms with Crippen molar-refractivity contribution in [2.24, 2.45) is 5.92 Å². The van der Waals surface area contributed by atoms with Crippen molar-refractivity contribution in [1.29, 1.82) is 0 Å². The second-order valence-electron chi connectivity index (χ2n) is 6.94. The maximum absolute atomic E-state index is 12.6. The van der Waals surface area contributed by atoms with Gasteiger partial charge in [0.15, 0.2) is 0 Å². The van der Waals surface area contributed by atoms with Gasteiger partial charge in [0.05, 0.1) is 6.20 Å². The van der Waals surface area contributed by atoms with Gasteiger partial charge in [-0.3, -0.25) is 14.6 Å². The first-order chi connectivity index (χ1) is 13.9. The SMILES string of the molecule is Cc1ccc(NC(=O)C(C)C)cc1NC(=O)c1ccc(Oc2cccnc2)cc1. The van der Waals surface area contributed by atoms with E-state index in [0.717, 1.165) is 5.56 Å². The van der Waals surface area contributed by atoms with Crippen LogP contribution in [0.4, 0.5) is 11.4 Å². The van der Waals surface area contributed by atoms with Crippen molar-refractivity contribution in [3.8, 4) is 11.5 Å². The number of nitrogens with zero attached hydrogens (tertiary/aromatic N) is 1. The summed E-state index contributed by atoms with van der Waals surface area (Å²) in [5.74, 6) is 0.801. The molecule has 0 radical (unpaired) electrons. The summed E-state index contributed by atoms with van der Waals surface area (Å²) in [5.41, 5.74) is 2.69. The van der Waals surface area contributed by atoms with Gasteiger partial charge in [-0.25, -0.2) is 0 Å². The van der Waals surface area contributed by atoms with Crippen LogP contribution in [0.2, 0.25) is 0 Å². The van der Waals surface area contributed by atoms with Crippen LogP contribution in [-0.4, -0.2) is 16.8 Å². The van der Waals surface area contributed by atoms with E-state index in [1.807, 2.05) is 32.9 Å². The zero-order valence-corrected chi connectivity index (χ0v) is 16.6. The van der Waals surface area contributed by atoms with Crippen molar-refractivity contribution < 1.29 is 14.3 Å². The van der Waals surface area contributed by atoms with Gasteiger partial charge in [0, 0.05) is 29.1 Å². The molecule has 148 valence electrons. The quantitative estimate of drug-likeness (QED) is 0.620. The predicted molar refractivity (Wildman–Crippen MR) is 113 cm³/mol. The third-order valence-corrected chi connectivity index (χ3v) is 4.26. The van der Waals surface area contributed by atoms with Crippen molar-refractivity contribution >= 4 is 23.2 Å². The van der Waals surface area contributed by atoms with Crippen molar-refractivity contribution in [2.45, 2.75) is 20.8 Å². The second-order valence-corrected chi connectivity index (χ2v) is 6.94. The first kappa shape index (κ1) is 20.1. The molecule has 0 aliphatic rings. The van der Waals surface area contributed by atoms with E-state index in [0.29, 0.717) is 28.4 Å². The molecule has 2 amide bonds. The molecule has 0 aliphatic carbocycles. The van der Waals surface area contributed by atoms with Crippen molar-refractivity contribution in [3.05, 3.63) is 78.1 Å². The first-order valence-electron chi connectivity index (χ1n) is 9.33. The summed E-state index contributed by atoms with van der Waals surface area (Å²) in [6.45, 7) is 5.55. The van der Waals surface area contributed by atoms with E-state index in [2.05, 4.69) is 15.6 Å². The number of aryl methyl sites for hydroxylation is 1. The van der Waals surface area contributed by atoms with Crippen molar-refractivity contribution in [1.82, 2.24) is 4.98 Å². The van der Waals surface area contributed by atoms with Crippen LogP contribution in [0, 0.1) is 12.8 Å². The van der Waals surface area contributed by atoms with E-state index in [1.165, 1.54) is 0 Å². The number of ether oxygens (including phenoxy) is 1. The van der Waals surface area contributed by atoms with Crippen LogP contribution < -0.4 is 15.4 Å². The van der Waals surface area contributed by atoms with Gasteiger partial charge in [-0.1, -0.05) is 19.9 Å². The number of aromatic nitrogens is 1. The Kier molecular flexibility index (Phi) is 6.24. The summed E-state index contributed by atoms with van der Waals surface area (Å²) >= 11 is 0. The summed E-state index contributed by atoms with van der Waals surface area (Å²) in [4.78, 5) is 28.5. The minimum absolute atomic E-state index is 0.0738. The molecule has 0 unspecified atom stereocenters. The Bertz CT molecular complexity index is 1000. The molecule has 0 spiro atoms. The average molecular weight is 389 g/mol. The number of rotatable bonds is 6. The molecule has 0 aliphatic heterocycles. The smallest absolute Gasteiger partial charge is 0.255 e. The van der Waals surface area contributed by atoms with E-state index in [1.54, 1.807) is 54.9 Å². The predicted octanol–water partition coefficient (Wildman–Crippen LogP) is 5.03. The highest BCUT2D eigenvalue weighted by atomic mass is 16.5. The lowest BCUT2D eigenvalue weighted by atomic mass is 10.1. The molecule has 0 bridgehead atoms. The van der Waals surface area contributed by atoms with Crippen LogP contribution >= 0.6 is 0 Å². The summed E-state index contributed by atoms with van der Waals surface area (Å²) in [6.07, 6.45) is 3.29. The van der Waals surface area contributed by atoms with Crippen LogP contribution in [0.25, 0.3) is 0 Å². The Morgan fingerprint density at radius 3 is 2.38 bits per heavy atom. The van der Waals surface area contributed by atoms with Crippen molar-refractivity contribution in [3.63, 3.8) is 0 Å². The Labute approximate surface area is 169 Å². The molecular formula is C23H23N3O3. The number of nitrogens with one attached hydrogen (secondary N) is 2. The summed E-state index contributed by atoms with van der Waals surface area (Å²) in [6, 6.07) is 15.9. The highest BCUT2D eigenvalue weighted by molar-refractivity contribution is 6.05. The number of pyridine rings is 1. The normalized spacial score (nSPS) is 10.5. The summed E-state index contributed by atoms with van der Waals surface area (Å²) < 4.78 is 5.69. The lowest BCUT2D eigenvalue weighted by Crippen LogP contribution is -2.18. The molecule has 0 saturated heterocycles. The molecule has 29 heavy (non-hydrogen) atoms. The fraction of sp³-hybridized carbons (Fsp3) is 0.174. The minimum atomic E-state index is -0.242. The average Bonchev–Trinajstić information content (AvgIpc) is 2.71. The number of carbonyl (C=O) groups is 2. The van der Waals surface area contributed by atoms with Crippen LogP contribution in [-0.2, 0) is 4.79 Å². The van der Waals surface area contributed by atoms with Gasteiger partial charge < -0.3 is 15.4 Å². The van der Waals surface area contributed by atoms with Gasteiger partial charge in [-0.2, -0.15) is 0 Å². The molecule has 3 rings (SSSR count). The number of hydrogen-bond acceptors (Lipinski definition) is 4. The van der Waals surface area contributed by atoms with Gasteiger partial charge >= 0.3 is 0 Å². The Balaban J connectivity index is 1.69.